The maximum absolute atomic E-state index is 11.2. The summed E-state index contributed by atoms with van der Waals surface area (Å²) in [5.74, 6) is 2.85. The topological polar surface area (TPSA) is 87.3 Å². The molecule has 3 aromatic carbocycles. The molecule has 2 atom stereocenters. The van der Waals surface area contributed by atoms with E-state index in [2.05, 4.69) is 28.8 Å². The van der Waals surface area contributed by atoms with Gasteiger partial charge in [-0.3, -0.25) is 4.79 Å². The number of ether oxygens (including phenoxy) is 5. The summed E-state index contributed by atoms with van der Waals surface area (Å²) in [7, 11) is 1.69. The van der Waals surface area contributed by atoms with E-state index in [0.29, 0.717) is 45.5 Å². The molecule has 0 saturated carbocycles. The van der Waals surface area contributed by atoms with Crippen LogP contribution in [0.15, 0.2) is 72.8 Å². The predicted molar refractivity (Wildman–Crippen MR) is 164 cm³/mol. The standard InChI is InChI=1S/C34H44N2O6/c1-26(37)36-19-15-28-7-4-6-10-33(28)41-23-24-42-34-25-35-18-16-31(34)27-11-13-30(14-12-27)40-22-21-39-20-17-29-8-3-5-9-32(29)38-2/h3-14,31,34-35H,15-25H2,1-2H3,(H,36,37). The van der Waals surface area contributed by atoms with Crippen LogP contribution in [0.4, 0.5) is 0 Å². The predicted octanol–water partition coefficient (Wildman–Crippen LogP) is 4.55. The Morgan fingerprint density at radius 3 is 2.31 bits per heavy atom. The lowest BCUT2D eigenvalue weighted by Gasteiger charge is -2.32. The highest BCUT2D eigenvalue weighted by molar-refractivity contribution is 5.72. The van der Waals surface area contributed by atoms with Crippen LogP contribution in [0.25, 0.3) is 0 Å². The molecule has 1 fully saturated rings. The fourth-order valence-electron chi connectivity index (χ4n) is 5.19. The Hall–Kier alpha value is -3.59. The molecule has 2 N–H and O–H groups in total. The molecule has 1 amide bonds. The molecule has 42 heavy (non-hydrogen) atoms. The van der Waals surface area contributed by atoms with Crippen LogP contribution in [-0.2, 0) is 27.1 Å². The molecule has 1 aliphatic rings. The lowest BCUT2D eigenvalue weighted by molar-refractivity contribution is -0.118. The van der Waals surface area contributed by atoms with Gasteiger partial charge in [-0.15, -0.1) is 0 Å². The van der Waals surface area contributed by atoms with E-state index in [-0.39, 0.29) is 12.0 Å². The first-order chi connectivity index (χ1) is 20.6. The molecule has 1 heterocycles. The molecule has 226 valence electrons. The van der Waals surface area contributed by atoms with E-state index in [9.17, 15) is 4.79 Å². The Morgan fingerprint density at radius 2 is 1.55 bits per heavy atom. The van der Waals surface area contributed by atoms with E-state index in [1.54, 1.807) is 7.11 Å². The quantitative estimate of drug-likeness (QED) is 0.228. The lowest BCUT2D eigenvalue weighted by atomic mass is 9.88. The smallest absolute Gasteiger partial charge is 0.216 e. The molecule has 4 rings (SSSR count). The molecule has 3 aromatic rings. The van der Waals surface area contributed by atoms with Crippen molar-refractivity contribution in [2.75, 3.05) is 59.8 Å². The number of amides is 1. The Bertz CT molecular complexity index is 1220. The van der Waals surface area contributed by atoms with Gasteiger partial charge in [0.1, 0.15) is 30.5 Å². The molecule has 0 aromatic heterocycles. The molecular formula is C34H44N2O6. The van der Waals surface area contributed by atoms with Gasteiger partial charge in [-0.1, -0.05) is 48.5 Å². The highest BCUT2D eigenvalue weighted by Gasteiger charge is 2.27. The minimum Gasteiger partial charge on any atom is -0.496 e. The average molecular weight is 577 g/mol. The molecule has 1 saturated heterocycles. The van der Waals surface area contributed by atoms with Crippen LogP contribution in [-0.4, -0.2) is 71.8 Å². The van der Waals surface area contributed by atoms with Gasteiger partial charge in [0.25, 0.3) is 0 Å². The monoisotopic (exact) mass is 576 g/mol. The minimum absolute atomic E-state index is 0.0266. The van der Waals surface area contributed by atoms with Gasteiger partial charge in [0, 0.05) is 25.9 Å². The Kier molecular flexibility index (Phi) is 13.0. The summed E-state index contributed by atoms with van der Waals surface area (Å²) in [6.45, 7) is 6.51. The second-order valence-corrected chi connectivity index (χ2v) is 10.3. The number of nitrogens with one attached hydrogen (secondary N) is 2. The zero-order chi connectivity index (χ0) is 29.4. The number of methoxy groups -OCH3 is 1. The highest BCUT2D eigenvalue weighted by Crippen LogP contribution is 2.29. The van der Waals surface area contributed by atoms with Crippen LogP contribution in [0, 0.1) is 0 Å². The zero-order valence-corrected chi connectivity index (χ0v) is 24.8. The summed E-state index contributed by atoms with van der Waals surface area (Å²) in [6.07, 6.45) is 2.61. The third-order valence-electron chi connectivity index (χ3n) is 7.35. The number of benzene rings is 3. The van der Waals surface area contributed by atoms with Crippen molar-refractivity contribution in [2.24, 2.45) is 0 Å². The van der Waals surface area contributed by atoms with Crippen molar-refractivity contribution in [1.29, 1.82) is 0 Å². The van der Waals surface area contributed by atoms with Crippen molar-refractivity contribution in [2.45, 2.75) is 38.2 Å². The van der Waals surface area contributed by atoms with Crippen molar-refractivity contribution < 1.29 is 28.5 Å². The average Bonchev–Trinajstić information content (AvgIpc) is 3.02. The molecule has 0 spiro atoms. The van der Waals surface area contributed by atoms with Crippen LogP contribution in [0.1, 0.15) is 36.0 Å². The highest BCUT2D eigenvalue weighted by atomic mass is 16.5. The third-order valence-corrected chi connectivity index (χ3v) is 7.35. The van der Waals surface area contributed by atoms with Crippen molar-refractivity contribution in [3.63, 3.8) is 0 Å². The fraction of sp³-hybridized carbons (Fsp3) is 0.441. The Labute approximate surface area is 249 Å². The van der Waals surface area contributed by atoms with Crippen LogP contribution >= 0.6 is 0 Å². The van der Waals surface area contributed by atoms with Crippen LogP contribution in [0.3, 0.4) is 0 Å². The van der Waals surface area contributed by atoms with Crippen molar-refractivity contribution >= 4 is 5.91 Å². The number of rotatable bonds is 17. The fourth-order valence-corrected chi connectivity index (χ4v) is 5.19. The minimum atomic E-state index is -0.0266. The molecule has 0 radical (unpaired) electrons. The van der Waals surface area contributed by atoms with Crippen molar-refractivity contribution in [3.05, 3.63) is 89.5 Å². The molecule has 2 unspecified atom stereocenters. The molecule has 1 aliphatic heterocycles. The van der Waals surface area contributed by atoms with E-state index in [4.69, 9.17) is 23.7 Å². The maximum atomic E-state index is 11.2. The first-order valence-corrected chi connectivity index (χ1v) is 14.8. The summed E-state index contributed by atoms with van der Waals surface area (Å²) in [4.78, 5) is 11.2. The van der Waals surface area contributed by atoms with Crippen LogP contribution < -0.4 is 24.8 Å². The lowest BCUT2D eigenvalue weighted by Crippen LogP contribution is -2.41. The van der Waals surface area contributed by atoms with Gasteiger partial charge < -0.3 is 34.3 Å². The summed E-state index contributed by atoms with van der Waals surface area (Å²) >= 11 is 0. The molecule has 8 nitrogen and oxygen atoms in total. The zero-order valence-electron chi connectivity index (χ0n) is 24.8. The Balaban J connectivity index is 1.17. The SMILES string of the molecule is COc1ccccc1CCOCCOc1ccc(C2CCNCC2OCCOc2ccccc2CCNC(C)=O)cc1. The first kappa shape index (κ1) is 31.3. The van der Waals surface area contributed by atoms with Crippen molar-refractivity contribution in [1.82, 2.24) is 10.6 Å². The number of piperidine rings is 1. The van der Waals surface area contributed by atoms with E-state index in [1.807, 2.05) is 54.6 Å². The van der Waals surface area contributed by atoms with Gasteiger partial charge in [-0.25, -0.2) is 0 Å². The Morgan fingerprint density at radius 1 is 0.833 bits per heavy atom. The summed E-state index contributed by atoms with van der Waals surface area (Å²) in [6, 6.07) is 24.3. The van der Waals surface area contributed by atoms with Gasteiger partial charge in [0.2, 0.25) is 5.91 Å². The van der Waals surface area contributed by atoms with Crippen molar-refractivity contribution in [3.8, 4) is 17.2 Å². The largest absolute Gasteiger partial charge is 0.496 e. The van der Waals surface area contributed by atoms with Gasteiger partial charge >= 0.3 is 0 Å². The first-order valence-electron chi connectivity index (χ1n) is 14.8. The molecular weight excluding hydrogens is 532 g/mol. The third kappa shape index (κ3) is 10.0. The summed E-state index contributed by atoms with van der Waals surface area (Å²) < 4.78 is 29.4. The summed E-state index contributed by atoms with van der Waals surface area (Å²) in [5.41, 5.74) is 3.47. The van der Waals surface area contributed by atoms with E-state index in [1.165, 1.54) is 12.5 Å². The summed E-state index contributed by atoms with van der Waals surface area (Å²) in [5, 5.41) is 6.30. The van der Waals surface area contributed by atoms with Gasteiger partial charge in [0.05, 0.1) is 33.0 Å². The van der Waals surface area contributed by atoms with Gasteiger partial charge in [0.15, 0.2) is 0 Å². The molecule has 8 heteroatoms. The number of carbonyl (C=O) groups is 1. The second-order valence-electron chi connectivity index (χ2n) is 10.3. The number of para-hydroxylation sites is 2. The van der Waals surface area contributed by atoms with E-state index < -0.39 is 0 Å². The van der Waals surface area contributed by atoms with Crippen LogP contribution in [0.5, 0.6) is 17.2 Å². The number of hydrogen-bond acceptors (Lipinski definition) is 7. The van der Waals surface area contributed by atoms with Gasteiger partial charge in [-0.05, 0) is 66.8 Å². The van der Waals surface area contributed by atoms with E-state index >= 15 is 0 Å². The number of hydrogen-bond donors (Lipinski definition) is 2. The van der Waals surface area contributed by atoms with E-state index in [0.717, 1.165) is 60.7 Å². The number of carbonyl (C=O) groups excluding carboxylic acids is 1. The normalized spacial score (nSPS) is 16.5. The molecule has 0 aliphatic carbocycles. The molecule has 0 bridgehead atoms. The van der Waals surface area contributed by atoms with Gasteiger partial charge in [-0.2, -0.15) is 0 Å². The maximum Gasteiger partial charge on any atom is 0.216 e. The second kappa shape index (κ2) is 17.4. The van der Waals surface area contributed by atoms with Crippen LogP contribution in [0.2, 0.25) is 0 Å².